The number of rotatable bonds is 3. The number of halogens is 1. The molecule has 0 aromatic heterocycles. The molecule has 3 aromatic rings. The van der Waals surface area contributed by atoms with Gasteiger partial charge >= 0.3 is 0 Å². The Morgan fingerprint density at radius 1 is 0.871 bits per heavy atom. The van der Waals surface area contributed by atoms with Gasteiger partial charge < -0.3 is 0 Å². The Balaban J connectivity index is 1.61. The zero-order valence-electron chi connectivity index (χ0n) is 17.2. The molecule has 0 bridgehead atoms. The van der Waals surface area contributed by atoms with Crippen LogP contribution in [0.15, 0.2) is 72.8 Å². The first-order chi connectivity index (χ1) is 15.0. The highest BCUT2D eigenvalue weighted by atomic mass is 19.1. The molecule has 0 aliphatic carbocycles. The Morgan fingerprint density at radius 3 is 2.29 bits per heavy atom. The number of nitrogens with zero attached hydrogens (tertiary/aromatic N) is 2. The molecule has 5 rings (SSSR count). The van der Waals surface area contributed by atoms with Crippen molar-refractivity contribution in [2.24, 2.45) is 5.92 Å². The van der Waals surface area contributed by atoms with Gasteiger partial charge in [-0.15, -0.1) is 0 Å². The summed E-state index contributed by atoms with van der Waals surface area (Å²) < 4.78 is 14.8. The Bertz CT molecular complexity index is 1180. The van der Waals surface area contributed by atoms with E-state index in [1.54, 1.807) is 24.3 Å². The van der Waals surface area contributed by atoms with Gasteiger partial charge in [0, 0.05) is 5.56 Å². The number of imide groups is 1. The molecular formula is C25H21FN2O3. The van der Waals surface area contributed by atoms with E-state index in [1.807, 2.05) is 56.3 Å². The third-order valence-corrected chi connectivity index (χ3v) is 5.94. The predicted octanol–water partition coefficient (Wildman–Crippen LogP) is 4.49. The minimum absolute atomic E-state index is 0.322. The number of hydrogen-bond donors (Lipinski definition) is 0. The van der Waals surface area contributed by atoms with Gasteiger partial charge in [0.15, 0.2) is 6.10 Å². The number of anilines is 2. The van der Waals surface area contributed by atoms with Crippen LogP contribution in [0.1, 0.15) is 22.7 Å². The van der Waals surface area contributed by atoms with Gasteiger partial charge in [-0.05, 0) is 43.7 Å². The van der Waals surface area contributed by atoms with Crippen LogP contribution in [0.5, 0.6) is 0 Å². The van der Waals surface area contributed by atoms with Crippen molar-refractivity contribution < 1.29 is 18.8 Å². The Morgan fingerprint density at radius 2 is 1.58 bits per heavy atom. The van der Waals surface area contributed by atoms with E-state index in [1.165, 1.54) is 16.0 Å². The zero-order chi connectivity index (χ0) is 21.7. The fraction of sp³-hybridized carbons (Fsp3) is 0.200. The molecule has 2 heterocycles. The van der Waals surface area contributed by atoms with Crippen LogP contribution < -0.4 is 9.96 Å². The molecule has 6 heteroatoms. The highest BCUT2D eigenvalue weighted by Crippen LogP contribution is 2.48. The second-order valence-corrected chi connectivity index (χ2v) is 7.98. The molecule has 2 aliphatic heterocycles. The molecule has 0 radical (unpaired) electrons. The lowest BCUT2D eigenvalue weighted by molar-refractivity contribution is -0.126. The van der Waals surface area contributed by atoms with Gasteiger partial charge in [-0.2, -0.15) is 0 Å². The van der Waals surface area contributed by atoms with Crippen molar-refractivity contribution in [2.45, 2.75) is 26.0 Å². The number of aryl methyl sites for hydroxylation is 2. The van der Waals surface area contributed by atoms with Crippen LogP contribution in [0.3, 0.4) is 0 Å². The van der Waals surface area contributed by atoms with E-state index < -0.39 is 29.8 Å². The van der Waals surface area contributed by atoms with E-state index in [4.69, 9.17) is 4.84 Å². The molecule has 2 saturated heterocycles. The number of fused-ring (bicyclic) bond motifs is 1. The Kier molecular flexibility index (Phi) is 4.59. The first-order valence-electron chi connectivity index (χ1n) is 10.2. The lowest BCUT2D eigenvalue weighted by Crippen LogP contribution is -2.38. The fourth-order valence-corrected chi connectivity index (χ4v) is 4.54. The fourth-order valence-electron chi connectivity index (χ4n) is 4.54. The number of carbonyl (C=O) groups is 2. The number of amides is 2. The van der Waals surface area contributed by atoms with Crippen LogP contribution in [0.25, 0.3) is 0 Å². The maximum atomic E-state index is 14.8. The highest BCUT2D eigenvalue weighted by Gasteiger charge is 2.60. The smallest absolute Gasteiger partial charge is 0.266 e. The Hall–Kier alpha value is -3.51. The summed E-state index contributed by atoms with van der Waals surface area (Å²) in [5.41, 5.74) is 3.38. The molecule has 3 atom stereocenters. The summed E-state index contributed by atoms with van der Waals surface area (Å²) in [7, 11) is 0. The molecule has 0 saturated carbocycles. The van der Waals surface area contributed by atoms with Crippen LogP contribution in [-0.2, 0) is 14.4 Å². The van der Waals surface area contributed by atoms with Crippen molar-refractivity contribution in [2.75, 3.05) is 9.96 Å². The van der Waals surface area contributed by atoms with Crippen molar-refractivity contribution in [3.05, 3.63) is 95.3 Å². The normalized spacial score (nSPS) is 22.9. The Labute approximate surface area is 179 Å². The summed E-state index contributed by atoms with van der Waals surface area (Å²) >= 11 is 0. The lowest BCUT2D eigenvalue weighted by Gasteiger charge is -2.29. The SMILES string of the molecule is Cc1ccc(N2C(=O)[C@H]3[C@H](ON(c4ccccc4)[C@H]3c3ccccc3F)C2=O)c(C)c1. The number of carbonyl (C=O) groups excluding carboxylic acids is 2. The summed E-state index contributed by atoms with van der Waals surface area (Å²) in [5, 5.41) is 1.50. The van der Waals surface area contributed by atoms with E-state index in [0.717, 1.165) is 11.1 Å². The van der Waals surface area contributed by atoms with Gasteiger partial charge in [0.25, 0.3) is 5.91 Å². The van der Waals surface area contributed by atoms with Gasteiger partial charge in [0.05, 0.1) is 17.4 Å². The van der Waals surface area contributed by atoms with E-state index in [2.05, 4.69) is 0 Å². The summed E-state index contributed by atoms with van der Waals surface area (Å²) in [5.74, 6) is -2.11. The maximum Gasteiger partial charge on any atom is 0.266 e. The van der Waals surface area contributed by atoms with Gasteiger partial charge in [-0.3, -0.25) is 14.4 Å². The molecule has 2 amide bonds. The van der Waals surface area contributed by atoms with Crippen LogP contribution >= 0.6 is 0 Å². The zero-order valence-corrected chi connectivity index (χ0v) is 17.2. The lowest BCUT2D eigenvalue weighted by atomic mass is 9.90. The van der Waals surface area contributed by atoms with Crippen molar-refractivity contribution in [3.8, 4) is 0 Å². The van der Waals surface area contributed by atoms with Gasteiger partial charge in [-0.25, -0.2) is 14.4 Å². The predicted molar refractivity (Wildman–Crippen MR) is 115 cm³/mol. The molecule has 2 aliphatic rings. The van der Waals surface area contributed by atoms with Crippen molar-refractivity contribution in [1.82, 2.24) is 0 Å². The van der Waals surface area contributed by atoms with E-state index in [0.29, 0.717) is 16.9 Å². The second-order valence-electron chi connectivity index (χ2n) is 7.98. The van der Waals surface area contributed by atoms with Crippen molar-refractivity contribution in [1.29, 1.82) is 0 Å². The van der Waals surface area contributed by atoms with Crippen molar-refractivity contribution in [3.63, 3.8) is 0 Å². The van der Waals surface area contributed by atoms with E-state index in [-0.39, 0.29) is 5.91 Å². The molecule has 2 fully saturated rings. The maximum absolute atomic E-state index is 14.8. The third kappa shape index (κ3) is 3.02. The summed E-state index contributed by atoms with van der Waals surface area (Å²) in [6.07, 6.45) is -1.02. The molecule has 3 aromatic carbocycles. The van der Waals surface area contributed by atoms with Crippen LogP contribution in [0.4, 0.5) is 15.8 Å². The number of benzene rings is 3. The number of hydroxylamine groups is 1. The first-order valence-corrected chi connectivity index (χ1v) is 10.2. The highest BCUT2D eigenvalue weighted by molar-refractivity contribution is 6.24. The second kappa shape index (κ2) is 7.32. The molecule has 0 spiro atoms. The molecule has 31 heavy (non-hydrogen) atoms. The number of hydrogen-bond acceptors (Lipinski definition) is 4. The van der Waals surface area contributed by atoms with Gasteiger partial charge in [0.2, 0.25) is 5.91 Å². The average Bonchev–Trinajstić information content (AvgIpc) is 3.26. The standard InChI is InChI=1S/C25H21FN2O3/c1-15-12-13-20(16(2)14-15)27-24(29)21-22(18-10-6-7-11-19(18)26)28(31-23(21)25(27)30)17-8-4-3-5-9-17/h3-14,21-23H,1-2H3/t21-,22+,23+/m1/s1. The quantitative estimate of drug-likeness (QED) is 0.590. The largest absolute Gasteiger partial charge is 0.273 e. The van der Waals surface area contributed by atoms with Crippen molar-refractivity contribution >= 4 is 23.2 Å². The summed E-state index contributed by atoms with van der Waals surface area (Å²) in [6, 6.07) is 20.3. The topological polar surface area (TPSA) is 49.9 Å². The molecule has 0 N–H and O–H groups in total. The van der Waals surface area contributed by atoms with E-state index >= 15 is 0 Å². The van der Waals surface area contributed by atoms with Crippen LogP contribution in [0.2, 0.25) is 0 Å². The van der Waals surface area contributed by atoms with Gasteiger partial charge in [-0.1, -0.05) is 54.1 Å². The van der Waals surface area contributed by atoms with Crippen LogP contribution in [0, 0.1) is 25.6 Å². The minimum atomic E-state index is -1.02. The third-order valence-electron chi connectivity index (χ3n) is 5.94. The molecular weight excluding hydrogens is 395 g/mol. The molecule has 156 valence electrons. The molecule has 0 unspecified atom stereocenters. The van der Waals surface area contributed by atoms with Gasteiger partial charge in [0.1, 0.15) is 11.7 Å². The van der Waals surface area contributed by atoms with E-state index in [9.17, 15) is 14.0 Å². The average molecular weight is 416 g/mol. The minimum Gasteiger partial charge on any atom is -0.273 e. The summed E-state index contributed by atoms with van der Waals surface area (Å²) in [6.45, 7) is 3.82. The monoisotopic (exact) mass is 416 g/mol. The number of para-hydroxylation sites is 1. The first kappa shape index (κ1) is 19.5. The summed E-state index contributed by atoms with van der Waals surface area (Å²) in [4.78, 5) is 34.2. The van der Waals surface area contributed by atoms with Crippen LogP contribution in [-0.4, -0.2) is 17.9 Å². The molecule has 5 nitrogen and oxygen atoms in total.